The smallest absolute Gasteiger partial charge is 0.258 e. The molecule has 1 amide bonds. The summed E-state index contributed by atoms with van der Waals surface area (Å²) < 4.78 is 0. The number of H-pyrrole nitrogens is 1. The summed E-state index contributed by atoms with van der Waals surface area (Å²) in [5.41, 5.74) is 7.36. The Bertz CT molecular complexity index is 643. The highest BCUT2D eigenvalue weighted by molar-refractivity contribution is 6.31. The molecule has 0 fully saturated rings. The van der Waals surface area contributed by atoms with Crippen molar-refractivity contribution < 1.29 is 4.79 Å². The number of aromatic amines is 1. The summed E-state index contributed by atoms with van der Waals surface area (Å²) in [6, 6.07) is 6.56. The molecule has 0 radical (unpaired) electrons. The first kappa shape index (κ1) is 14.4. The zero-order valence-corrected chi connectivity index (χ0v) is 12.4. The van der Waals surface area contributed by atoms with Gasteiger partial charge in [-0.2, -0.15) is 5.10 Å². The molecule has 0 spiro atoms. The van der Waals surface area contributed by atoms with Gasteiger partial charge in [0.25, 0.3) is 5.91 Å². The minimum atomic E-state index is -0.314. The molecule has 6 heteroatoms. The van der Waals surface area contributed by atoms with E-state index in [-0.39, 0.29) is 11.3 Å². The Balaban J connectivity index is 2.17. The third kappa shape index (κ3) is 3.11. The molecule has 0 aliphatic carbocycles. The maximum Gasteiger partial charge on any atom is 0.258 e. The second-order valence-corrected chi connectivity index (χ2v) is 6.04. The van der Waals surface area contributed by atoms with Crippen LogP contribution in [0.15, 0.2) is 24.3 Å². The number of hydrogen-bond donors (Lipinski definition) is 3. The molecule has 2 rings (SSSR count). The van der Waals surface area contributed by atoms with Crippen molar-refractivity contribution >= 4 is 29.0 Å². The number of hydrogen-bond acceptors (Lipinski definition) is 3. The number of carbonyl (C=O) groups is 1. The van der Waals surface area contributed by atoms with Crippen LogP contribution in [0.5, 0.6) is 0 Å². The zero-order valence-electron chi connectivity index (χ0n) is 11.6. The van der Waals surface area contributed by atoms with Crippen LogP contribution in [0.2, 0.25) is 5.02 Å². The highest BCUT2D eigenvalue weighted by atomic mass is 35.5. The predicted octanol–water partition coefficient (Wildman–Crippen LogP) is 3.20. The molecule has 2 aromatic rings. The molecule has 4 N–H and O–H groups in total. The number of rotatable bonds is 2. The molecule has 0 bridgehead atoms. The number of nitrogens with one attached hydrogen (secondary N) is 2. The topological polar surface area (TPSA) is 83.8 Å². The van der Waals surface area contributed by atoms with Gasteiger partial charge in [-0.15, -0.1) is 0 Å². The molecule has 0 saturated heterocycles. The lowest BCUT2D eigenvalue weighted by Crippen LogP contribution is -2.14. The van der Waals surface area contributed by atoms with Crippen LogP contribution in [-0.2, 0) is 5.41 Å². The van der Waals surface area contributed by atoms with Crippen LogP contribution in [-0.4, -0.2) is 16.1 Å². The maximum absolute atomic E-state index is 12.1. The highest BCUT2D eigenvalue weighted by Gasteiger charge is 2.18. The molecule has 106 valence electrons. The maximum atomic E-state index is 12.1. The van der Waals surface area contributed by atoms with Crippen LogP contribution >= 0.6 is 11.6 Å². The molecule has 0 aliphatic heterocycles. The fraction of sp³-hybridized carbons (Fsp3) is 0.286. The average Bonchev–Trinajstić information content (AvgIpc) is 2.76. The standard InChI is InChI=1S/C14H17ClN4O/c1-14(2,3)11-7-12(19-18-11)17-13(20)9-5-4-8(15)6-10(9)16/h4-7H,16H2,1-3H3,(H2,17,18,19,20). The number of nitrogen functional groups attached to an aromatic ring is 1. The number of carbonyl (C=O) groups excluding carboxylic acids is 1. The van der Waals surface area contributed by atoms with Crippen LogP contribution in [0.1, 0.15) is 36.8 Å². The fourth-order valence-corrected chi connectivity index (χ4v) is 1.87. The second kappa shape index (κ2) is 5.17. The summed E-state index contributed by atoms with van der Waals surface area (Å²) in [6.45, 7) is 6.18. The van der Waals surface area contributed by atoms with Gasteiger partial charge in [0.1, 0.15) is 0 Å². The minimum absolute atomic E-state index is 0.0602. The number of nitrogens with two attached hydrogens (primary N) is 1. The Morgan fingerprint density at radius 3 is 2.60 bits per heavy atom. The van der Waals surface area contributed by atoms with Crippen molar-refractivity contribution in [3.63, 3.8) is 0 Å². The van der Waals surface area contributed by atoms with Crippen LogP contribution in [0.3, 0.4) is 0 Å². The summed E-state index contributed by atoms with van der Waals surface area (Å²) in [5, 5.41) is 10.2. The van der Waals surface area contributed by atoms with Gasteiger partial charge < -0.3 is 11.1 Å². The lowest BCUT2D eigenvalue weighted by Gasteiger charge is -2.14. The summed E-state index contributed by atoms with van der Waals surface area (Å²) in [7, 11) is 0. The molecule has 1 heterocycles. The fourth-order valence-electron chi connectivity index (χ4n) is 1.69. The van der Waals surface area contributed by atoms with Crippen molar-refractivity contribution in [1.29, 1.82) is 0 Å². The van der Waals surface area contributed by atoms with Crippen molar-refractivity contribution in [3.8, 4) is 0 Å². The molecule has 0 aliphatic rings. The Kier molecular flexibility index (Phi) is 3.72. The van der Waals surface area contributed by atoms with Gasteiger partial charge in [0.2, 0.25) is 0 Å². The Morgan fingerprint density at radius 1 is 1.35 bits per heavy atom. The summed E-state index contributed by atoms with van der Waals surface area (Å²) in [6.07, 6.45) is 0. The molecular weight excluding hydrogens is 276 g/mol. The molecule has 0 saturated carbocycles. The predicted molar refractivity (Wildman–Crippen MR) is 81.1 cm³/mol. The van der Waals surface area contributed by atoms with Gasteiger partial charge in [0.05, 0.1) is 5.56 Å². The van der Waals surface area contributed by atoms with E-state index in [0.29, 0.717) is 22.1 Å². The summed E-state index contributed by atoms with van der Waals surface area (Å²) in [5.74, 6) is 0.153. The first-order valence-corrected chi connectivity index (χ1v) is 6.57. The SMILES string of the molecule is CC(C)(C)c1cc(NC(=O)c2ccc(Cl)cc2N)n[nH]1. The quantitative estimate of drug-likeness (QED) is 0.743. The Hall–Kier alpha value is -2.01. The first-order chi connectivity index (χ1) is 9.27. The number of halogens is 1. The second-order valence-electron chi connectivity index (χ2n) is 5.60. The van der Waals surface area contributed by atoms with Crippen LogP contribution < -0.4 is 11.1 Å². The van der Waals surface area contributed by atoms with Gasteiger partial charge in [-0.05, 0) is 18.2 Å². The van der Waals surface area contributed by atoms with Crippen molar-refractivity contribution in [2.75, 3.05) is 11.1 Å². The van der Waals surface area contributed by atoms with Gasteiger partial charge in [0, 0.05) is 27.9 Å². The number of benzene rings is 1. The van der Waals surface area contributed by atoms with Crippen LogP contribution in [0, 0.1) is 0 Å². The van der Waals surface area contributed by atoms with E-state index in [0.717, 1.165) is 5.69 Å². The van der Waals surface area contributed by atoms with E-state index in [2.05, 4.69) is 36.3 Å². The van der Waals surface area contributed by atoms with E-state index in [4.69, 9.17) is 17.3 Å². The van der Waals surface area contributed by atoms with Gasteiger partial charge >= 0.3 is 0 Å². The number of amides is 1. The number of nitrogens with zero attached hydrogens (tertiary/aromatic N) is 1. The van der Waals surface area contributed by atoms with Gasteiger partial charge in [-0.3, -0.25) is 9.89 Å². The Morgan fingerprint density at radius 2 is 2.05 bits per heavy atom. The zero-order chi connectivity index (χ0) is 14.9. The van der Waals surface area contributed by atoms with Crippen molar-refractivity contribution in [3.05, 3.63) is 40.5 Å². The van der Waals surface area contributed by atoms with Crippen molar-refractivity contribution in [1.82, 2.24) is 10.2 Å². The van der Waals surface area contributed by atoms with Gasteiger partial charge in [0.15, 0.2) is 5.82 Å². The average molecular weight is 293 g/mol. The Labute approximate surface area is 122 Å². The van der Waals surface area contributed by atoms with E-state index in [1.54, 1.807) is 18.2 Å². The lowest BCUT2D eigenvalue weighted by molar-refractivity contribution is 0.102. The molecule has 5 nitrogen and oxygen atoms in total. The van der Waals surface area contributed by atoms with Crippen molar-refractivity contribution in [2.24, 2.45) is 0 Å². The minimum Gasteiger partial charge on any atom is -0.398 e. The normalized spacial score (nSPS) is 11.4. The third-order valence-corrected chi connectivity index (χ3v) is 3.12. The van der Waals surface area contributed by atoms with Crippen LogP contribution in [0.4, 0.5) is 11.5 Å². The third-order valence-electron chi connectivity index (χ3n) is 2.89. The summed E-state index contributed by atoms with van der Waals surface area (Å²) >= 11 is 5.81. The largest absolute Gasteiger partial charge is 0.398 e. The van der Waals surface area contributed by atoms with E-state index in [1.165, 1.54) is 0 Å². The molecule has 20 heavy (non-hydrogen) atoms. The van der Waals surface area contributed by atoms with Crippen molar-refractivity contribution in [2.45, 2.75) is 26.2 Å². The molecule has 1 aromatic carbocycles. The van der Waals surface area contributed by atoms with Gasteiger partial charge in [-0.1, -0.05) is 32.4 Å². The highest BCUT2D eigenvalue weighted by Crippen LogP contribution is 2.23. The monoisotopic (exact) mass is 292 g/mol. The molecule has 0 unspecified atom stereocenters. The lowest BCUT2D eigenvalue weighted by atomic mass is 9.92. The molecular formula is C14H17ClN4O. The van der Waals surface area contributed by atoms with E-state index < -0.39 is 0 Å². The van der Waals surface area contributed by atoms with E-state index in [9.17, 15) is 4.79 Å². The number of anilines is 2. The molecule has 1 aromatic heterocycles. The molecule has 0 atom stereocenters. The number of aromatic nitrogens is 2. The first-order valence-electron chi connectivity index (χ1n) is 6.19. The van der Waals surface area contributed by atoms with Crippen LogP contribution in [0.25, 0.3) is 0 Å². The van der Waals surface area contributed by atoms with E-state index in [1.807, 2.05) is 6.07 Å². The van der Waals surface area contributed by atoms with Gasteiger partial charge in [-0.25, -0.2) is 0 Å². The summed E-state index contributed by atoms with van der Waals surface area (Å²) in [4.78, 5) is 12.1. The van der Waals surface area contributed by atoms with E-state index >= 15 is 0 Å².